The molecule has 4 heteroatoms. The summed E-state index contributed by atoms with van der Waals surface area (Å²) in [6.07, 6.45) is 2.60. The highest BCUT2D eigenvalue weighted by atomic mass is 16.2. The first-order valence-corrected chi connectivity index (χ1v) is 8.98. The van der Waals surface area contributed by atoms with E-state index in [0.29, 0.717) is 0 Å². The van der Waals surface area contributed by atoms with Gasteiger partial charge in [0.05, 0.1) is 0 Å². The number of rotatable bonds is 8. The molecule has 1 aromatic carbocycles. The molecule has 0 spiro atoms. The van der Waals surface area contributed by atoms with E-state index in [0.717, 1.165) is 42.8 Å². The Bertz CT molecular complexity index is 685. The van der Waals surface area contributed by atoms with Crippen LogP contribution in [-0.2, 0) is 12.8 Å². The molecule has 4 nitrogen and oxygen atoms in total. The summed E-state index contributed by atoms with van der Waals surface area (Å²) in [4.78, 5) is 19.4. The van der Waals surface area contributed by atoms with Gasteiger partial charge in [0.15, 0.2) is 0 Å². The summed E-state index contributed by atoms with van der Waals surface area (Å²) in [5, 5.41) is 3.20. The van der Waals surface area contributed by atoms with E-state index in [-0.39, 0.29) is 11.9 Å². The molecule has 2 rings (SSSR count). The average molecular weight is 339 g/mol. The van der Waals surface area contributed by atoms with Crippen LogP contribution in [0.15, 0.2) is 42.5 Å². The molecule has 1 aromatic heterocycles. The fourth-order valence-corrected chi connectivity index (χ4v) is 3.04. The van der Waals surface area contributed by atoms with E-state index in [1.54, 1.807) is 0 Å². The molecular formula is C21H29N3O. The third kappa shape index (κ3) is 5.40. The minimum atomic E-state index is 0.0669. The van der Waals surface area contributed by atoms with E-state index >= 15 is 0 Å². The zero-order valence-electron chi connectivity index (χ0n) is 15.7. The molecule has 1 atom stereocenters. The first-order valence-electron chi connectivity index (χ1n) is 8.98. The van der Waals surface area contributed by atoms with Gasteiger partial charge in [-0.05, 0) is 57.5 Å². The van der Waals surface area contributed by atoms with Gasteiger partial charge in [-0.25, -0.2) is 0 Å². The summed E-state index contributed by atoms with van der Waals surface area (Å²) in [6, 6.07) is 14.3. The number of aryl methyl sites for hydroxylation is 2. The van der Waals surface area contributed by atoms with Gasteiger partial charge in [0.2, 0.25) is 0 Å². The molecule has 0 radical (unpaired) electrons. The van der Waals surface area contributed by atoms with Crippen molar-refractivity contribution in [2.24, 2.45) is 0 Å². The lowest BCUT2D eigenvalue weighted by molar-refractivity contribution is 0.0723. The summed E-state index contributed by atoms with van der Waals surface area (Å²) in [6.45, 7) is 4.88. The van der Waals surface area contributed by atoms with Crippen molar-refractivity contribution in [3.8, 4) is 0 Å². The standard InChI is InChI=1S/C21H29N3O/c1-5-19-15-18(13-16(2)23-19)21(25)24(4)20(11-12-22-3)14-17-9-7-6-8-10-17/h6-10,13,15,20,22H,5,11-12,14H2,1-4H3/t20-/m1/s1. The average Bonchev–Trinajstić information content (AvgIpc) is 2.64. The van der Waals surface area contributed by atoms with Crippen LogP contribution >= 0.6 is 0 Å². The van der Waals surface area contributed by atoms with Gasteiger partial charge in [-0.1, -0.05) is 37.3 Å². The minimum Gasteiger partial charge on any atom is -0.338 e. The summed E-state index contributed by atoms with van der Waals surface area (Å²) < 4.78 is 0. The van der Waals surface area contributed by atoms with Crippen molar-refractivity contribution in [1.29, 1.82) is 0 Å². The van der Waals surface area contributed by atoms with Crippen LogP contribution in [-0.4, -0.2) is 42.5 Å². The minimum absolute atomic E-state index is 0.0669. The molecule has 1 N–H and O–H groups in total. The number of carbonyl (C=O) groups excluding carboxylic acids is 1. The second-order valence-electron chi connectivity index (χ2n) is 6.49. The van der Waals surface area contributed by atoms with Gasteiger partial charge in [-0.3, -0.25) is 9.78 Å². The highest BCUT2D eigenvalue weighted by Gasteiger charge is 2.22. The third-order valence-electron chi connectivity index (χ3n) is 4.53. The van der Waals surface area contributed by atoms with E-state index in [9.17, 15) is 4.79 Å². The first-order chi connectivity index (χ1) is 12.0. The smallest absolute Gasteiger partial charge is 0.253 e. The van der Waals surface area contributed by atoms with Crippen LogP contribution in [0.1, 0.15) is 40.7 Å². The number of amides is 1. The molecule has 0 unspecified atom stereocenters. The van der Waals surface area contributed by atoms with E-state index in [4.69, 9.17) is 0 Å². The van der Waals surface area contributed by atoms with Crippen LogP contribution < -0.4 is 5.32 Å². The topological polar surface area (TPSA) is 45.2 Å². The molecule has 0 aliphatic heterocycles. The van der Waals surface area contributed by atoms with Gasteiger partial charge < -0.3 is 10.2 Å². The van der Waals surface area contributed by atoms with Crippen LogP contribution in [0.2, 0.25) is 0 Å². The van der Waals surface area contributed by atoms with Gasteiger partial charge in [0, 0.05) is 30.0 Å². The summed E-state index contributed by atoms with van der Waals surface area (Å²) in [5.74, 6) is 0.0669. The maximum absolute atomic E-state index is 13.0. The number of carbonyl (C=O) groups is 1. The lowest BCUT2D eigenvalue weighted by Crippen LogP contribution is -2.40. The maximum Gasteiger partial charge on any atom is 0.253 e. The summed E-state index contributed by atoms with van der Waals surface area (Å²) in [7, 11) is 3.86. The third-order valence-corrected chi connectivity index (χ3v) is 4.53. The molecule has 0 aliphatic carbocycles. The van der Waals surface area contributed by atoms with Crippen LogP contribution in [0.4, 0.5) is 0 Å². The fourth-order valence-electron chi connectivity index (χ4n) is 3.04. The van der Waals surface area contributed by atoms with E-state index in [2.05, 4.69) is 29.4 Å². The number of benzene rings is 1. The normalized spacial score (nSPS) is 12.0. The SMILES string of the molecule is CCc1cc(C(=O)N(C)[C@H](CCNC)Cc2ccccc2)cc(C)n1. The number of nitrogens with zero attached hydrogens (tertiary/aromatic N) is 2. The van der Waals surface area contributed by atoms with E-state index < -0.39 is 0 Å². The molecule has 1 amide bonds. The Labute approximate surface area is 151 Å². The zero-order chi connectivity index (χ0) is 18.2. The van der Waals surface area contributed by atoms with Gasteiger partial charge in [-0.15, -0.1) is 0 Å². The van der Waals surface area contributed by atoms with Crippen molar-refractivity contribution in [3.63, 3.8) is 0 Å². The van der Waals surface area contributed by atoms with Crippen molar-refractivity contribution >= 4 is 5.91 Å². The van der Waals surface area contributed by atoms with E-state index in [1.165, 1.54) is 5.56 Å². The Morgan fingerprint density at radius 1 is 1.24 bits per heavy atom. The number of pyridine rings is 1. The van der Waals surface area contributed by atoms with Crippen LogP contribution in [0.25, 0.3) is 0 Å². The van der Waals surface area contributed by atoms with Crippen molar-refractivity contribution in [1.82, 2.24) is 15.2 Å². The van der Waals surface area contributed by atoms with Crippen molar-refractivity contribution in [2.45, 2.75) is 39.2 Å². The van der Waals surface area contributed by atoms with Gasteiger partial charge in [-0.2, -0.15) is 0 Å². The lowest BCUT2D eigenvalue weighted by atomic mass is 10.0. The molecular weight excluding hydrogens is 310 g/mol. The van der Waals surface area contributed by atoms with Crippen molar-refractivity contribution in [2.75, 3.05) is 20.6 Å². The number of hydrogen-bond donors (Lipinski definition) is 1. The second kappa shape index (κ2) is 9.33. The van der Waals surface area contributed by atoms with Crippen LogP contribution in [0.5, 0.6) is 0 Å². The molecule has 0 fully saturated rings. The Morgan fingerprint density at radius 2 is 1.96 bits per heavy atom. The van der Waals surface area contributed by atoms with Gasteiger partial charge >= 0.3 is 0 Å². The number of aromatic nitrogens is 1. The molecule has 2 aromatic rings. The lowest BCUT2D eigenvalue weighted by Gasteiger charge is -2.29. The molecule has 134 valence electrons. The molecule has 0 bridgehead atoms. The van der Waals surface area contributed by atoms with E-state index in [1.807, 2.05) is 56.3 Å². The van der Waals surface area contributed by atoms with Crippen molar-refractivity contribution < 1.29 is 4.79 Å². The summed E-state index contributed by atoms with van der Waals surface area (Å²) in [5.41, 5.74) is 3.84. The Hall–Kier alpha value is -2.20. The Kier molecular flexibility index (Phi) is 7.14. The molecule has 0 saturated carbocycles. The number of hydrogen-bond acceptors (Lipinski definition) is 3. The molecule has 0 aliphatic rings. The molecule has 0 saturated heterocycles. The quantitative estimate of drug-likeness (QED) is 0.803. The predicted molar refractivity (Wildman–Crippen MR) is 103 cm³/mol. The van der Waals surface area contributed by atoms with Crippen LogP contribution in [0.3, 0.4) is 0 Å². The van der Waals surface area contributed by atoms with Crippen LogP contribution in [0, 0.1) is 6.92 Å². The summed E-state index contributed by atoms with van der Waals surface area (Å²) >= 11 is 0. The first kappa shape index (κ1) is 19.1. The van der Waals surface area contributed by atoms with Gasteiger partial charge in [0.25, 0.3) is 5.91 Å². The Morgan fingerprint density at radius 3 is 2.60 bits per heavy atom. The highest BCUT2D eigenvalue weighted by Crippen LogP contribution is 2.16. The monoisotopic (exact) mass is 339 g/mol. The largest absolute Gasteiger partial charge is 0.338 e. The Balaban J connectivity index is 2.20. The number of nitrogens with one attached hydrogen (secondary N) is 1. The van der Waals surface area contributed by atoms with Gasteiger partial charge in [0.1, 0.15) is 0 Å². The second-order valence-corrected chi connectivity index (χ2v) is 6.49. The maximum atomic E-state index is 13.0. The number of likely N-dealkylation sites (N-methyl/N-ethyl adjacent to an activating group) is 1. The molecule has 25 heavy (non-hydrogen) atoms. The fraction of sp³-hybridized carbons (Fsp3) is 0.429. The van der Waals surface area contributed by atoms with Crippen molar-refractivity contribution in [3.05, 3.63) is 65.0 Å². The highest BCUT2D eigenvalue weighted by molar-refractivity contribution is 5.94. The zero-order valence-corrected chi connectivity index (χ0v) is 15.7. The predicted octanol–water partition coefficient (Wildman–Crippen LogP) is 3.25. The molecule has 1 heterocycles.